The van der Waals surface area contributed by atoms with Crippen LogP contribution >= 0.6 is 0 Å². The summed E-state index contributed by atoms with van der Waals surface area (Å²) in [6.07, 6.45) is -1.05. The molecule has 2 N–H and O–H groups in total. The lowest BCUT2D eigenvalue weighted by Gasteiger charge is -2.19. The Kier molecular flexibility index (Phi) is 9.21. The van der Waals surface area contributed by atoms with E-state index in [-0.39, 0.29) is 24.8 Å². The normalized spacial score (nSPS) is 13.6. The van der Waals surface area contributed by atoms with E-state index in [0.29, 0.717) is 12.3 Å². The summed E-state index contributed by atoms with van der Waals surface area (Å²) in [7, 11) is 0. The van der Waals surface area contributed by atoms with Gasteiger partial charge >= 0.3 is 18.0 Å². The first-order valence-corrected chi connectivity index (χ1v) is 7.48. The van der Waals surface area contributed by atoms with Crippen molar-refractivity contribution >= 4 is 18.0 Å². The highest BCUT2D eigenvalue weighted by Crippen LogP contribution is 2.14. The molecule has 0 spiro atoms. The Bertz CT molecular complexity index is 380. The van der Waals surface area contributed by atoms with E-state index in [1.807, 2.05) is 13.8 Å². The average molecular weight is 317 g/mol. The van der Waals surface area contributed by atoms with Crippen molar-refractivity contribution in [3.05, 3.63) is 0 Å². The Morgan fingerprint density at radius 1 is 1.05 bits per heavy atom. The average Bonchev–Trinajstić information content (AvgIpc) is 2.34. The predicted molar refractivity (Wildman–Crippen MR) is 80.1 cm³/mol. The van der Waals surface area contributed by atoms with E-state index < -0.39 is 24.3 Å². The highest BCUT2D eigenvalue weighted by molar-refractivity contribution is 5.72. The summed E-state index contributed by atoms with van der Waals surface area (Å²) in [6, 6.07) is 0. The van der Waals surface area contributed by atoms with E-state index >= 15 is 0 Å². The van der Waals surface area contributed by atoms with Gasteiger partial charge in [0.25, 0.3) is 0 Å². The Labute approximate surface area is 131 Å². The number of esters is 1. The molecule has 7 nitrogen and oxygen atoms in total. The molecular formula is C15H27NO6. The maximum atomic E-state index is 11.6. The van der Waals surface area contributed by atoms with Crippen molar-refractivity contribution in [1.29, 1.82) is 0 Å². The third kappa shape index (κ3) is 10.0. The molecule has 0 bridgehead atoms. The van der Waals surface area contributed by atoms with Crippen molar-refractivity contribution in [2.24, 2.45) is 17.8 Å². The van der Waals surface area contributed by atoms with Crippen LogP contribution in [0.15, 0.2) is 0 Å². The van der Waals surface area contributed by atoms with Crippen molar-refractivity contribution < 1.29 is 29.0 Å². The number of rotatable bonds is 9. The second-order valence-electron chi connectivity index (χ2n) is 6.04. The van der Waals surface area contributed by atoms with Gasteiger partial charge in [0, 0.05) is 19.9 Å². The second kappa shape index (κ2) is 10.0. The molecule has 0 fully saturated rings. The van der Waals surface area contributed by atoms with Crippen molar-refractivity contribution in [3.63, 3.8) is 0 Å². The summed E-state index contributed by atoms with van der Waals surface area (Å²) < 4.78 is 9.79. The molecule has 0 rings (SSSR count). The van der Waals surface area contributed by atoms with Gasteiger partial charge in [0.05, 0.1) is 5.92 Å². The molecule has 7 heteroatoms. The molecule has 0 aromatic rings. The molecule has 0 aliphatic heterocycles. The minimum Gasteiger partial charge on any atom is -0.481 e. The standard InChI is InChI=1S/C15H27NO6/c1-9(2)6-12(7-13(17)18)8-16-15(20)22-11(5)21-14(19)10(3)4/h9-12H,6-8H2,1-5H3,(H,16,20)(H,17,18). The van der Waals surface area contributed by atoms with Crippen LogP contribution in [0.2, 0.25) is 0 Å². The van der Waals surface area contributed by atoms with E-state index in [9.17, 15) is 14.4 Å². The van der Waals surface area contributed by atoms with E-state index in [0.717, 1.165) is 0 Å². The first kappa shape index (κ1) is 20.2. The molecule has 2 unspecified atom stereocenters. The number of carbonyl (C=O) groups excluding carboxylic acids is 2. The van der Waals surface area contributed by atoms with E-state index in [2.05, 4.69) is 5.32 Å². The minimum absolute atomic E-state index is 0.0175. The van der Waals surface area contributed by atoms with Gasteiger partial charge in [-0.2, -0.15) is 0 Å². The molecule has 0 radical (unpaired) electrons. The summed E-state index contributed by atoms with van der Waals surface area (Å²) in [6.45, 7) is 8.98. The number of hydrogen-bond donors (Lipinski definition) is 2. The van der Waals surface area contributed by atoms with Crippen LogP contribution in [0.25, 0.3) is 0 Å². The lowest BCUT2D eigenvalue weighted by atomic mass is 9.94. The zero-order valence-electron chi connectivity index (χ0n) is 13.9. The molecule has 128 valence electrons. The summed E-state index contributed by atoms with van der Waals surface area (Å²) in [4.78, 5) is 33.8. The molecule has 0 saturated carbocycles. The highest BCUT2D eigenvalue weighted by Gasteiger charge is 2.19. The van der Waals surface area contributed by atoms with Crippen LogP contribution in [0.1, 0.15) is 47.5 Å². The van der Waals surface area contributed by atoms with Gasteiger partial charge in [0.2, 0.25) is 6.29 Å². The van der Waals surface area contributed by atoms with Gasteiger partial charge in [-0.1, -0.05) is 27.7 Å². The highest BCUT2D eigenvalue weighted by atomic mass is 16.7. The van der Waals surface area contributed by atoms with Gasteiger partial charge in [-0.25, -0.2) is 4.79 Å². The summed E-state index contributed by atoms with van der Waals surface area (Å²) in [5.41, 5.74) is 0. The molecule has 0 saturated heterocycles. The maximum Gasteiger partial charge on any atom is 0.410 e. The van der Waals surface area contributed by atoms with E-state index in [1.165, 1.54) is 6.92 Å². The number of hydrogen-bond acceptors (Lipinski definition) is 5. The fourth-order valence-corrected chi connectivity index (χ4v) is 1.90. The lowest BCUT2D eigenvalue weighted by Crippen LogP contribution is -2.34. The quantitative estimate of drug-likeness (QED) is 0.500. The number of alkyl carbamates (subject to hydrolysis) is 1. The number of ether oxygens (including phenoxy) is 2. The molecular weight excluding hydrogens is 290 g/mol. The molecule has 0 aliphatic carbocycles. The van der Waals surface area contributed by atoms with Crippen LogP contribution in [0.3, 0.4) is 0 Å². The largest absolute Gasteiger partial charge is 0.481 e. The summed E-state index contributed by atoms with van der Waals surface area (Å²) in [5.74, 6) is -1.50. The van der Waals surface area contributed by atoms with Crippen molar-refractivity contribution in [2.45, 2.75) is 53.8 Å². The third-order valence-corrected chi connectivity index (χ3v) is 2.83. The Balaban J connectivity index is 4.22. The van der Waals surface area contributed by atoms with Crippen molar-refractivity contribution in [3.8, 4) is 0 Å². The Morgan fingerprint density at radius 2 is 1.64 bits per heavy atom. The second-order valence-corrected chi connectivity index (χ2v) is 6.04. The summed E-state index contributed by atoms with van der Waals surface area (Å²) >= 11 is 0. The number of carboxylic acid groups (broad SMARTS) is 1. The van der Waals surface area contributed by atoms with Gasteiger partial charge in [0.1, 0.15) is 0 Å². The topological polar surface area (TPSA) is 102 Å². The first-order valence-electron chi connectivity index (χ1n) is 7.48. The molecule has 0 aliphatic rings. The zero-order valence-corrected chi connectivity index (χ0v) is 13.9. The fraction of sp³-hybridized carbons (Fsp3) is 0.800. The fourth-order valence-electron chi connectivity index (χ4n) is 1.90. The SMILES string of the molecule is CC(C)CC(CNC(=O)OC(C)OC(=O)C(C)C)CC(=O)O. The van der Waals surface area contributed by atoms with E-state index in [4.69, 9.17) is 14.6 Å². The predicted octanol–water partition coefficient (Wildman–Crippen LogP) is 2.39. The van der Waals surface area contributed by atoms with Crippen LogP contribution in [0.5, 0.6) is 0 Å². The number of nitrogens with one attached hydrogen (secondary N) is 1. The van der Waals surface area contributed by atoms with E-state index in [1.54, 1.807) is 13.8 Å². The zero-order chi connectivity index (χ0) is 17.3. The lowest BCUT2D eigenvalue weighted by molar-refractivity contribution is -0.168. The Morgan fingerprint density at radius 3 is 2.09 bits per heavy atom. The molecule has 0 aromatic carbocycles. The molecule has 22 heavy (non-hydrogen) atoms. The van der Waals surface area contributed by atoms with Crippen LogP contribution in [0.4, 0.5) is 4.79 Å². The molecule has 1 amide bonds. The van der Waals surface area contributed by atoms with Gasteiger partial charge in [-0.05, 0) is 18.3 Å². The number of carboxylic acids is 1. The van der Waals surface area contributed by atoms with Crippen LogP contribution in [-0.2, 0) is 19.1 Å². The third-order valence-electron chi connectivity index (χ3n) is 2.83. The van der Waals surface area contributed by atoms with Gasteiger partial charge in [0.15, 0.2) is 0 Å². The van der Waals surface area contributed by atoms with Crippen LogP contribution in [-0.4, -0.2) is 36.0 Å². The number of carbonyl (C=O) groups is 3. The number of aliphatic carboxylic acids is 1. The van der Waals surface area contributed by atoms with Crippen molar-refractivity contribution in [1.82, 2.24) is 5.32 Å². The van der Waals surface area contributed by atoms with Crippen molar-refractivity contribution in [2.75, 3.05) is 6.54 Å². The number of amides is 1. The first-order chi connectivity index (χ1) is 10.1. The minimum atomic E-state index is -0.988. The van der Waals surface area contributed by atoms with Gasteiger partial charge in [-0.15, -0.1) is 0 Å². The molecule has 2 atom stereocenters. The molecule has 0 aromatic heterocycles. The van der Waals surface area contributed by atoms with Crippen LogP contribution in [0, 0.1) is 17.8 Å². The van der Waals surface area contributed by atoms with Gasteiger partial charge in [-0.3, -0.25) is 9.59 Å². The maximum absolute atomic E-state index is 11.6. The van der Waals surface area contributed by atoms with Gasteiger partial charge < -0.3 is 19.9 Å². The Hall–Kier alpha value is -1.79. The summed E-state index contributed by atoms with van der Waals surface area (Å²) in [5, 5.41) is 11.4. The van der Waals surface area contributed by atoms with Crippen LogP contribution < -0.4 is 5.32 Å². The molecule has 0 heterocycles. The smallest absolute Gasteiger partial charge is 0.410 e. The monoisotopic (exact) mass is 317 g/mol.